The van der Waals surface area contributed by atoms with E-state index in [4.69, 9.17) is 4.74 Å². The quantitative estimate of drug-likeness (QED) is 0.869. The molecular formula is C13H19NOS. The maximum absolute atomic E-state index is 5.37. The van der Waals surface area contributed by atoms with Crippen LogP contribution in [0.1, 0.15) is 17.5 Å². The number of methoxy groups -OCH3 is 1. The molecule has 0 amide bonds. The molecule has 2 rings (SSSR count). The number of nitrogens with one attached hydrogen (secondary N) is 1. The minimum Gasteiger partial charge on any atom is -0.496 e. The van der Waals surface area contributed by atoms with E-state index in [1.807, 2.05) is 11.8 Å². The lowest BCUT2D eigenvalue weighted by atomic mass is 10.1. The van der Waals surface area contributed by atoms with Crippen molar-refractivity contribution in [3.05, 3.63) is 29.3 Å². The molecule has 3 heteroatoms. The van der Waals surface area contributed by atoms with Gasteiger partial charge in [-0.25, -0.2) is 0 Å². The molecule has 88 valence electrons. The lowest BCUT2D eigenvalue weighted by molar-refractivity contribution is 0.406. The van der Waals surface area contributed by atoms with E-state index in [1.165, 1.54) is 29.1 Å². The number of rotatable bonds is 4. The van der Waals surface area contributed by atoms with Gasteiger partial charge in [-0.15, -0.1) is 0 Å². The van der Waals surface area contributed by atoms with Gasteiger partial charge in [0.25, 0.3) is 0 Å². The molecule has 1 saturated heterocycles. The minimum absolute atomic E-state index is 0.676. The summed E-state index contributed by atoms with van der Waals surface area (Å²) in [6.07, 6.45) is 1.29. The Balaban J connectivity index is 1.98. The van der Waals surface area contributed by atoms with E-state index in [0.717, 1.165) is 12.3 Å². The minimum atomic E-state index is 0.676. The van der Waals surface area contributed by atoms with E-state index in [0.29, 0.717) is 6.04 Å². The van der Waals surface area contributed by atoms with Crippen LogP contribution in [0.5, 0.6) is 5.75 Å². The van der Waals surface area contributed by atoms with Crippen LogP contribution in [0, 0.1) is 6.92 Å². The van der Waals surface area contributed by atoms with Gasteiger partial charge in [-0.05, 0) is 25.2 Å². The molecule has 1 N–H and O–H groups in total. The summed E-state index contributed by atoms with van der Waals surface area (Å²) < 4.78 is 5.37. The van der Waals surface area contributed by atoms with E-state index < -0.39 is 0 Å². The third-order valence-corrected chi connectivity index (χ3v) is 4.11. The van der Waals surface area contributed by atoms with Crippen molar-refractivity contribution in [1.82, 2.24) is 5.32 Å². The predicted octanol–water partition coefficient (Wildman–Crippen LogP) is 2.60. The van der Waals surface area contributed by atoms with E-state index in [-0.39, 0.29) is 0 Å². The van der Waals surface area contributed by atoms with Crippen molar-refractivity contribution in [1.29, 1.82) is 0 Å². The molecular weight excluding hydrogens is 218 g/mol. The summed E-state index contributed by atoms with van der Waals surface area (Å²) in [7, 11) is 1.74. The van der Waals surface area contributed by atoms with Crippen molar-refractivity contribution < 1.29 is 4.74 Å². The van der Waals surface area contributed by atoms with Crippen molar-refractivity contribution in [3.63, 3.8) is 0 Å². The van der Waals surface area contributed by atoms with Crippen LogP contribution in [-0.4, -0.2) is 24.7 Å². The SMILES string of the molecule is COc1ccc(C)cc1CNC1CCSC1. The van der Waals surface area contributed by atoms with Gasteiger partial charge in [-0.2, -0.15) is 11.8 Å². The maximum atomic E-state index is 5.37. The highest BCUT2D eigenvalue weighted by molar-refractivity contribution is 7.99. The maximum Gasteiger partial charge on any atom is 0.123 e. The Kier molecular flexibility index (Phi) is 4.13. The van der Waals surface area contributed by atoms with Gasteiger partial charge in [-0.1, -0.05) is 17.7 Å². The zero-order valence-corrected chi connectivity index (χ0v) is 10.8. The largest absolute Gasteiger partial charge is 0.496 e. The number of aryl methyl sites for hydroxylation is 1. The van der Waals surface area contributed by atoms with Crippen LogP contribution in [0.25, 0.3) is 0 Å². The third-order valence-electron chi connectivity index (χ3n) is 2.95. The van der Waals surface area contributed by atoms with Crippen molar-refractivity contribution >= 4 is 11.8 Å². The Labute approximate surface area is 102 Å². The highest BCUT2D eigenvalue weighted by atomic mass is 32.2. The molecule has 1 atom stereocenters. The van der Waals surface area contributed by atoms with Gasteiger partial charge < -0.3 is 10.1 Å². The highest BCUT2D eigenvalue weighted by Crippen LogP contribution is 2.21. The lowest BCUT2D eigenvalue weighted by Gasteiger charge is -2.14. The van der Waals surface area contributed by atoms with Crippen molar-refractivity contribution in [3.8, 4) is 5.75 Å². The normalized spacial score (nSPS) is 20.0. The molecule has 1 aliphatic rings. The summed E-state index contributed by atoms with van der Waals surface area (Å²) in [5, 5.41) is 3.60. The molecule has 1 unspecified atom stereocenters. The number of benzene rings is 1. The number of ether oxygens (including phenoxy) is 1. The molecule has 1 aliphatic heterocycles. The summed E-state index contributed by atoms with van der Waals surface area (Å²) in [4.78, 5) is 0. The van der Waals surface area contributed by atoms with Gasteiger partial charge in [-0.3, -0.25) is 0 Å². The Bertz CT molecular complexity index is 348. The summed E-state index contributed by atoms with van der Waals surface area (Å²) in [5.41, 5.74) is 2.55. The monoisotopic (exact) mass is 237 g/mol. The standard InChI is InChI=1S/C13H19NOS/c1-10-3-4-13(15-2)11(7-10)8-14-12-5-6-16-9-12/h3-4,7,12,14H,5-6,8-9H2,1-2H3. The van der Waals surface area contributed by atoms with Gasteiger partial charge in [0.1, 0.15) is 5.75 Å². The summed E-state index contributed by atoms with van der Waals surface area (Å²) in [6.45, 7) is 3.03. The molecule has 0 spiro atoms. The number of hydrogen-bond acceptors (Lipinski definition) is 3. The fourth-order valence-corrected chi connectivity index (χ4v) is 3.18. The molecule has 0 aliphatic carbocycles. The van der Waals surface area contributed by atoms with Gasteiger partial charge in [0.05, 0.1) is 7.11 Å². The zero-order chi connectivity index (χ0) is 11.4. The molecule has 16 heavy (non-hydrogen) atoms. The zero-order valence-electron chi connectivity index (χ0n) is 9.95. The molecule has 0 aromatic heterocycles. The second-order valence-corrected chi connectivity index (χ2v) is 5.41. The van der Waals surface area contributed by atoms with Crippen LogP contribution < -0.4 is 10.1 Å². The van der Waals surface area contributed by atoms with E-state index in [2.05, 4.69) is 30.4 Å². The van der Waals surface area contributed by atoms with Crippen LogP contribution in [-0.2, 0) is 6.54 Å². The topological polar surface area (TPSA) is 21.3 Å². The van der Waals surface area contributed by atoms with Crippen molar-refractivity contribution in [2.24, 2.45) is 0 Å². The van der Waals surface area contributed by atoms with E-state index in [9.17, 15) is 0 Å². The van der Waals surface area contributed by atoms with Gasteiger partial charge in [0.2, 0.25) is 0 Å². The molecule has 1 heterocycles. The van der Waals surface area contributed by atoms with Crippen LogP contribution in [0.2, 0.25) is 0 Å². The molecule has 0 bridgehead atoms. The average Bonchev–Trinajstić information content (AvgIpc) is 2.79. The average molecular weight is 237 g/mol. The molecule has 1 aromatic rings. The van der Waals surface area contributed by atoms with Crippen LogP contribution in [0.15, 0.2) is 18.2 Å². The Morgan fingerprint density at radius 3 is 3.06 bits per heavy atom. The van der Waals surface area contributed by atoms with Gasteiger partial charge in [0, 0.05) is 23.9 Å². The Morgan fingerprint density at radius 1 is 1.50 bits per heavy atom. The molecule has 1 fully saturated rings. The fraction of sp³-hybridized carbons (Fsp3) is 0.538. The summed E-state index contributed by atoms with van der Waals surface area (Å²) in [6, 6.07) is 7.02. The predicted molar refractivity (Wildman–Crippen MR) is 70.3 cm³/mol. The van der Waals surface area contributed by atoms with Crippen LogP contribution >= 0.6 is 11.8 Å². The first-order chi connectivity index (χ1) is 7.79. The Morgan fingerprint density at radius 2 is 2.38 bits per heavy atom. The number of hydrogen-bond donors (Lipinski definition) is 1. The van der Waals surface area contributed by atoms with Crippen LogP contribution in [0.3, 0.4) is 0 Å². The van der Waals surface area contributed by atoms with Gasteiger partial charge in [0.15, 0.2) is 0 Å². The highest BCUT2D eigenvalue weighted by Gasteiger charge is 2.15. The summed E-state index contributed by atoms with van der Waals surface area (Å²) in [5.74, 6) is 3.53. The third kappa shape index (κ3) is 2.92. The molecule has 2 nitrogen and oxygen atoms in total. The second kappa shape index (κ2) is 5.60. The van der Waals surface area contributed by atoms with Crippen molar-refractivity contribution in [2.45, 2.75) is 25.9 Å². The van der Waals surface area contributed by atoms with E-state index in [1.54, 1.807) is 7.11 Å². The van der Waals surface area contributed by atoms with Crippen molar-refractivity contribution in [2.75, 3.05) is 18.6 Å². The smallest absolute Gasteiger partial charge is 0.123 e. The molecule has 0 radical (unpaired) electrons. The molecule has 1 aromatic carbocycles. The van der Waals surface area contributed by atoms with Gasteiger partial charge >= 0.3 is 0 Å². The van der Waals surface area contributed by atoms with E-state index >= 15 is 0 Å². The lowest BCUT2D eigenvalue weighted by Crippen LogP contribution is -2.28. The summed E-state index contributed by atoms with van der Waals surface area (Å²) >= 11 is 2.04. The number of thioether (sulfide) groups is 1. The first kappa shape index (κ1) is 11.8. The molecule has 0 saturated carbocycles. The second-order valence-electron chi connectivity index (χ2n) is 4.26. The van der Waals surface area contributed by atoms with Crippen LogP contribution in [0.4, 0.5) is 0 Å². The Hall–Kier alpha value is -0.670. The first-order valence-corrected chi connectivity index (χ1v) is 6.89. The first-order valence-electron chi connectivity index (χ1n) is 5.74. The fourth-order valence-electron chi connectivity index (χ4n) is 2.00.